The van der Waals surface area contributed by atoms with Crippen LogP contribution >= 0.6 is 0 Å². The number of carbonyl (C=O) groups is 1. The Morgan fingerprint density at radius 3 is 2.87 bits per heavy atom. The Labute approximate surface area is 136 Å². The van der Waals surface area contributed by atoms with Crippen LogP contribution in [0.2, 0.25) is 0 Å². The third kappa shape index (κ3) is 4.20. The molecule has 1 aromatic heterocycles. The largest absolute Gasteiger partial charge is 0.345 e. The molecule has 2 atom stereocenters. The van der Waals surface area contributed by atoms with Gasteiger partial charge in [0.2, 0.25) is 5.91 Å². The van der Waals surface area contributed by atoms with Gasteiger partial charge < -0.3 is 15.6 Å². The molecular weight excluding hydrogens is 288 g/mol. The van der Waals surface area contributed by atoms with Crippen LogP contribution in [0, 0.1) is 11.8 Å². The molecule has 3 N–H and O–H groups in total. The average Bonchev–Trinajstić information content (AvgIpc) is 3.11. The van der Waals surface area contributed by atoms with Crippen LogP contribution in [0.25, 0.3) is 11.4 Å². The van der Waals surface area contributed by atoms with Gasteiger partial charge in [0.05, 0.1) is 0 Å². The highest BCUT2D eigenvalue weighted by Crippen LogP contribution is 2.23. The second-order valence-electron chi connectivity index (χ2n) is 6.35. The molecule has 1 amide bonds. The van der Waals surface area contributed by atoms with E-state index in [2.05, 4.69) is 27.5 Å². The second-order valence-corrected chi connectivity index (χ2v) is 6.35. The van der Waals surface area contributed by atoms with Crippen LogP contribution in [0.4, 0.5) is 5.69 Å². The van der Waals surface area contributed by atoms with E-state index in [1.165, 1.54) is 12.8 Å². The quantitative estimate of drug-likeness (QED) is 0.795. The number of benzene rings is 1. The number of imidazole rings is 1. The van der Waals surface area contributed by atoms with Gasteiger partial charge in [-0.05, 0) is 62.0 Å². The summed E-state index contributed by atoms with van der Waals surface area (Å²) in [7, 11) is 0. The lowest BCUT2D eigenvalue weighted by atomic mass is 9.85. The van der Waals surface area contributed by atoms with Gasteiger partial charge in [0.15, 0.2) is 0 Å². The molecule has 1 aliphatic heterocycles. The molecule has 0 spiro atoms. The molecule has 0 saturated carbocycles. The minimum atomic E-state index is 0.0915. The molecule has 5 heteroatoms. The molecule has 2 heterocycles. The van der Waals surface area contributed by atoms with Gasteiger partial charge in [-0.15, -0.1) is 0 Å². The summed E-state index contributed by atoms with van der Waals surface area (Å²) in [6.07, 6.45) is 6.54. The van der Waals surface area contributed by atoms with Crippen LogP contribution in [0.1, 0.15) is 26.2 Å². The third-order valence-corrected chi connectivity index (χ3v) is 4.59. The number of aromatic amines is 1. The maximum Gasteiger partial charge on any atom is 0.224 e. The monoisotopic (exact) mass is 312 g/mol. The van der Waals surface area contributed by atoms with Crippen molar-refractivity contribution in [3.05, 3.63) is 36.7 Å². The molecule has 2 aromatic rings. The molecule has 3 rings (SSSR count). The fraction of sp³-hybridized carbons (Fsp3) is 0.444. The molecule has 5 nitrogen and oxygen atoms in total. The number of anilines is 1. The number of nitrogens with one attached hydrogen (secondary N) is 3. The van der Waals surface area contributed by atoms with Crippen molar-refractivity contribution in [3.63, 3.8) is 0 Å². The number of carbonyl (C=O) groups excluding carboxylic acids is 1. The highest BCUT2D eigenvalue weighted by atomic mass is 16.1. The maximum atomic E-state index is 12.2. The molecular formula is C18H24N4O. The normalized spacial score (nSPS) is 19.3. The number of rotatable bonds is 5. The standard InChI is InChI=1S/C18H24N4O/c1-13(15-3-2-8-19-12-15)11-17(23)22-16-6-4-14(5-7-16)18-20-9-10-21-18/h4-7,9-10,13,15,19H,2-3,8,11-12H2,1H3,(H,20,21)(H,22,23). The first-order chi connectivity index (χ1) is 11.2. The van der Waals surface area contributed by atoms with Crippen molar-refractivity contribution < 1.29 is 4.79 Å². The van der Waals surface area contributed by atoms with Crippen molar-refractivity contribution in [1.29, 1.82) is 0 Å². The molecule has 1 fully saturated rings. The minimum absolute atomic E-state index is 0.0915. The summed E-state index contributed by atoms with van der Waals surface area (Å²) in [5.74, 6) is 1.94. The zero-order valence-corrected chi connectivity index (χ0v) is 13.5. The van der Waals surface area contributed by atoms with Gasteiger partial charge in [-0.1, -0.05) is 6.92 Å². The molecule has 2 unspecified atom stereocenters. The van der Waals surface area contributed by atoms with Crippen LogP contribution in [-0.2, 0) is 4.79 Å². The van der Waals surface area contributed by atoms with Gasteiger partial charge >= 0.3 is 0 Å². The molecule has 0 bridgehead atoms. The van der Waals surface area contributed by atoms with E-state index >= 15 is 0 Å². The van der Waals surface area contributed by atoms with E-state index < -0.39 is 0 Å². The summed E-state index contributed by atoms with van der Waals surface area (Å²) < 4.78 is 0. The number of H-pyrrole nitrogens is 1. The predicted octanol–water partition coefficient (Wildman–Crippen LogP) is 3.04. The summed E-state index contributed by atoms with van der Waals surface area (Å²) in [4.78, 5) is 19.5. The fourth-order valence-electron chi connectivity index (χ4n) is 3.17. The van der Waals surface area contributed by atoms with E-state index in [4.69, 9.17) is 0 Å². The Bertz CT molecular complexity index is 615. The van der Waals surface area contributed by atoms with Gasteiger partial charge in [0, 0.05) is 30.1 Å². The van der Waals surface area contributed by atoms with E-state index in [0.29, 0.717) is 18.3 Å². The summed E-state index contributed by atoms with van der Waals surface area (Å²) in [6.45, 7) is 4.32. The third-order valence-electron chi connectivity index (χ3n) is 4.59. The minimum Gasteiger partial charge on any atom is -0.345 e. The summed E-state index contributed by atoms with van der Waals surface area (Å²) in [5, 5.41) is 6.41. The lowest BCUT2D eigenvalue weighted by molar-refractivity contribution is -0.117. The molecule has 23 heavy (non-hydrogen) atoms. The SMILES string of the molecule is CC(CC(=O)Nc1ccc(-c2ncc[nH]2)cc1)C1CCCNC1. The van der Waals surface area contributed by atoms with Crippen LogP contribution in [0.15, 0.2) is 36.7 Å². The Morgan fingerprint density at radius 1 is 1.39 bits per heavy atom. The van der Waals surface area contributed by atoms with Crippen molar-refractivity contribution in [2.75, 3.05) is 18.4 Å². The first-order valence-electron chi connectivity index (χ1n) is 8.33. The first kappa shape index (κ1) is 15.7. The Hall–Kier alpha value is -2.14. The van der Waals surface area contributed by atoms with Gasteiger partial charge in [-0.3, -0.25) is 4.79 Å². The smallest absolute Gasteiger partial charge is 0.224 e. The number of hydrogen-bond acceptors (Lipinski definition) is 3. The van der Waals surface area contributed by atoms with Gasteiger partial charge in [0.1, 0.15) is 5.82 Å². The summed E-state index contributed by atoms with van der Waals surface area (Å²) >= 11 is 0. The lowest BCUT2D eigenvalue weighted by Gasteiger charge is -2.28. The fourth-order valence-corrected chi connectivity index (χ4v) is 3.17. The van der Waals surface area contributed by atoms with E-state index in [0.717, 1.165) is 30.2 Å². The summed E-state index contributed by atoms with van der Waals surface area (Å²) in [6, 6.07) is 7.76. The average molecular weight is 312 g/mol. The van der Waals surface area contributed by atoms with Gasteiger partial charge in [-0.25, -0.2) is 4.98 Å². The number of nitrogens with zero attached hydrogens (tertiary/aromatic N) is 1. The topological polar surface area (TPSA) is 69.8 Å². The lowest BCUT2D eigenvalue weighted by Crippen LogP contribution is -2.34. The Morgan fingerprint density at radius 2 is 2.22 bits per heavy atom. The molecule has 0 radical (unpaired) electrons. The maximum absolute atomic E-state index is 12.2. The predicted molar refractivity (Wildman–Crippen MR) is 92.0 cm³/mol. The van der Waals surface area contributed by atoms with E-state index in [-0.39, 0.29) is 5.91 Å². The van der Waals surface area contributed by atoms with Crippen molar-refractivity contribution in [2.45, 2.75) is 26.2 Å². The first-order valence-corrected chi connectivity index (χ1v) is 8.33. The van der Waals surface area contributed by atoms with E-state index in [1.807, 2.05) is 24.3 Å². The van der Waals surface area contributed by atoms with Gasteiger partial charge in [-0.2, -0.15) is 0 Å². The highest BCUT2D eigenvalue weighted by molar-refractivity contribution is 5.91. The van der Waals surface area contributed by atoms with Crippen molar-refractivity contribution >= 4 is 11.6 Å². The molecule has 0 aliphatic carbocycles. The summed E-state index contributed by atoms with van der Waals surface area (Å²) in [5.41, 5.74) is 1.84. The van der Waals surface area contributed by atoms with Crippen LogP contribution in [-0.4, -0.2) is 29.0 Å². The molecule has 1 aliphatic rings. The van der Waals surface area contributed by atoms with Gasteiger partial charge in [0.25, 0.3) is 0 Å². The number of amides is 1. The molecule has 1 aromatic carbocycles. The Balaban J connectivity index is 1.53. The second kappa shape index (κ2) is 7.42. The van der Waals surface area contributed by atoms with Crippen LogP contribution in [0.3, 0.4) is 0 Å². The van der Waals surface area contributed by atoms with Crippen molar-refractivity contribution in [1.82, 2.24) is 15.3 Å². The van der Waals surface area contributed by atoms with E-state index in [9.17, 15) is 4.79 Å². The highest BCUT2D eigenvalue weighted by Gasteiger charge is 2.22. The molecule has 122 valence electrons. The number of hydrogen-bond donors (Lipinski definition) is 3. The van der Waals surface area contributed by atoms with Crippen molar-refractivity contribution in [2.24, 2.45) is 11.8 Å². The number of aromatic nitrogens is 2. The van der Waals surface area contributed by atoms with Crippen LogP contribution < -0.4 is 10.6 Å². The van der Waals surface area contributed by atoms with Crippen LogP contribution in [0.5, 0.6) is 0 Å². The van der Waals surface area contributed by atoms with E-state index in [1.54, 1.807) is 12.4 Å². The van der Waals surface area contributed by atoms with Crippen molar-refractivity contribution in [3.8, 4) is 11.4 Å². The zero-order valence-electron chi connectivity index (χ0n) is 13.5. The number of piperidine rings is 1. The zero-order chi connectivity index (χ0) is 16.1. The molecule has 1 saturated heterocycles. The Kier molecular flexibility index (Phi) is 5.08.